The van der Waals surface area contributed by atoms with Gasteiger partial charge >= 0.3 is 0 Å². The highest BCUT2D eigenvalue weighted by Gasteiger charge is 2.13. The fourth-order valence-electron chi connectivity index (χ4n) is 1.71. The smallest absolute Gasteiger partial charge is 0.257 e. The van der Waals surface area contributed by atoms with E-state index in [-0.39, 0.29) is 5.91 Å². The molecule has 0 aliphatic heterocycles. The number of nitrogens with zero attached hydrogens (tertiary/aromatic N) is 1. The average Bonchev–Trinajstić information content (AvgIpc) is 2.42. The van der Waals surface area contributed by atoms with Gasteiger partial charge in [-0.1, -0.05) is 11.6 Å². The third-order valence-electron chi connectivity index (χ3n) is 2.81. The molecule has 0 saturated heterocycles. The molecule has 1 aromatic carbocycles. The maximum absolute atomic E-state index is 12.2. The lowest BCUT2D eigenvalue weighted by Crippen LogP contribution is -2.15. The van der Waals surface area contributed by atoms with Crippen molar-refractivity contribution in [2.75, 3.05) is 18.2 Å². The summed E-state index contributed by atoms with van der Waals surface area (Å²) in [6.45, 7) is 1.76. The first-order chi connectivity index (χ1) is 9.51. The van der Waals surface area contributed by atoms with Crippen LogP contribution in [0.1, 0.15) is 16.1 Å². The lowest BCUT2D eigenvalue weighted by Gasteiger charge is -2.10. The van der Waals surface area contributed by atoms with E-state index in [4.69, 9.17) is 22.1 Å². The highest BCUT2D eigenvalue weighted by atomic mass is 35.5. The summed E-state index contributed by atoms with van der Waals surface area (Å²) in [5, 5.41) is 3.13. The molecule has 0 unspecified atom stereocenters. The summed E-state index contributed by atoms with van der Waals surface area (Å²) in [6.07, 6.45) is 0. The van der Waals surface area contributed by atoms with Crippen molar-refractivity contribution in [2.24, 2.45) is 0 Å². The molecular formula is C14H14ClN3O2. The number of rotatable bonds is 3. The number of aromatic nitrogens is 1. The van der Waals surface area contributed by atoms with Crippen molar-refractivity contribution in [3.8, 4) is 5.75 Å². The van der Waals surface area contributed by atoms with Crippen LogP contribution in [-0.2, 0) is 0 Å². The maximum atomic E-state index is 12.2. The minimum absolute atomic E-state index is 0.325. The second-order valence-corrected chi connectivity index (χ2v) is 4.56. The summed E-state index contributed by atoms with van der Waals surface area (Å²) >= 11 is 5.77. The molecule has 1 aromatic heterocycles. The molecule has 0 radical (unpaired) electrons. The molecule has 6 heteroatoms. The molecule has 0 atom stereocenters. The van der Waals surface area contributed by atoms with Crippen molar-refractivity contribution in [1.82, 2.24) is 4.98 Å². The average molecular weight is 292 g/mol. The Labute approximate surface area is 121 Å². The molecule has 2 rings (SSSR count). The number of pyridine rings is 1. The zero-order valence-corrected chi connectivity index (χ0v) is 11.9. The number of hydrogen-bond acceptors (Lipinski definition) is 4. The zero-order chi connectivity index (χ0) is 14.7. The molecule has 0 saturated carbocycles. The van der Waals surface area contributed by atoms with Gasteiger partial charge in [0.05, 0.1) is 24.1 Å². The monoisotopic (exact) mass is 291 g/mol. The van der Waals surface area contributed by atoms with Crippen LogP contribution < -0.4 is 15.8 Å². The van der Waals surface area contributed by atoms with Gasteiger partial charge in [-0.25, -0.2) is 4.98 Å². The fraction of sp³-hybridized carbons (Fsp3) is 0.143. The summed E-state index contributed by atoms with van der Waals surface area (Å²) in [5.74, 6) is 0.240. The molecule has 2 aromatic rings. The molecule has 0 fully saturated rings. The van der Waals surface area contributed by atoms with Crippen molar-refractivity contribution >= 4 is 28.9 Å². The largest absolute Gasteiger partial charge is 0.497 e. The number of nitrogen functional groups attached to an aromatic ring is 1. The summed E-state index contributed by atoms with van der Waals surface area (Å²) in [6, 6.07) is 8.21. The fourth-order valence-corrected chi connectivity index (χ4v) is 1.90. The SMILES string of the molecule is COc1ccc(N)c(C(=O)Nc2ccc(Cl)nc2C)c1. The van der Waals surface area contributed by atoms with Gasteiger partial charge in [-0.05, 0) is 37.3 Å². The van der Waals surface area contributed by atoms with Crippen LogP contribution in [0.3, 0.4) is 0 Å². The number of halogens is 1. The van der Waals surface area contributed by atoms with Crippen LogP contribution >= 0.6 is 11.6 Å². The summed E-state index contributed by atoms with van der Waals surface area (Å²) in [5.41, 5.74) is 7.75. The summed E-state index contributed by atoms with van der Waals surface area (Å²) in [4.78, 5) is 16.3. The van der Waals surface area contributed by atoms with Crippen LogP contribution in [-0.4, -0.2) is 18.0 Å². The van der Waals surface area contributed by atoms with Crippen LogP contribution in [0.4, 0.5) is 11.4 Å². The molecule has 0 bridgehead atoms. The Bertz CT molecular complexity index is 659. The second kappa shape index (κ2) is 5.79. The third-order valence-corrected chi connectivity index (χ3v) is 3.02. The molecule has 5 nitrogen and oxygen atoms in total. The van der Waals surface area contributed by atoms with E-state index < -0.39 is 0 Å². The Morgan fingerprint density at radius 1 is 1.35 bits per heavy atom. The number of ether oxygens (including phenoxy) is 1. The van der Waals surface area contributed by atoms with Crippen molar-refractivity contribution in [3.05, 3.63) is 46.7 Å². The zero-order valence-electron chi connectivity index (χ0n) is 11.1. The standard InChI is InChI=1S/C14H14ClN3O2/c1-8-12(5-6-13(15)17-8)18-14(19)10-7-9(20-2)3-4-11(10)16/h3-7H,16H2,1-2H3,(H,18,19). The normalized spacial score (nSPS) is 10.2. The molecule has 0 spiro atoms. The minimum atomic E-state index is -0.325. The van der Waals surface area contributed by atoms with E-state index in [1.54, 1.807) is 37.3 Å². The number of amides is 1. The Kier molecular flexibility index (Phi) is 4.10. The first kappa shape index (κ1) is 14.1. The predicted octanol–water partition coefficient (Wildman–Crippen LogP) is 2.89. The van der Waals surface area contributed by atoms with Crippen LogP contribution in [0, 0.1) is 6.92 Å². The van der Waals surface area contributed by atoms with E-state index in [1.807, 2.05) is 0 Å². The van der Waals surface area contributed by atoms with Gasteiger partial charge in [0, 0.05) is 5.69 Å². The van der Waals surface area contributed by atoms with Gasteiger partial charge in [-0.2, -0.15) is 0 Å². The number of carbonyl (C=O) groups excluding carboxylic acids is 1. The maximum Gasteiger partial charge on any atom is 0.257 e. The first-order valence-electron chi connectivity index (χ1n) is 5.89. The van der Waals surface area contributed by atoms with Gasteiger partial charge in [-0.3, -0.25) is 4.79 Å². The van der Waals surface area contributed by atoms with E-state index in [9.17, 15) is 4.79 Å². The topological polar surface area (TPSA) is 77.2 Å². The van der Waals surface area contributed by atoms with Gasteiger partial charge in [-0.15, -0.1) is 0 Å². The molecule has 1 heterocycles. The van der Waals surface area contributed by atoms with Gasteiger partial charge in [0.1, 0.15) is 10.9 Å². The molecule has 0 aliphatic carbocycles. The van der Waals surface area contributed by atoms with Crippen molar-refractivity contribution in [1.29, 1.82) is 0 Å². The van der Waals surface area contributed by atoms with Crippen molar-refractivity contribution in [2.45, 2.75) is 6.92 Å². The van der Waals surface area contributed by atoms with Crippen LogP contribution in [0.25, 0.3) is 0 Å². The molecule has 3 N–H and O–H groups in total. The molecule has 1 amide bonds. The van der Waals surface area contributed by atoms with Gasteiger partial charge in [0.25, 0.3) is 5.91 Å². The number of methoxy groups -OCH3 is 1. The van der Waals surface area contributed by atoms with E-state index >= 15 is 0 Å². The summed E-state index contributed by atoms with van der Waals surface area (Å²) < 4.78 is 5.08. The Morgan fingerprint density at radius 3 is 2.75 bits per heavy atom. The van der Waals surface area contributed by atoms with Crippen LogP contribution in [0.2, 0.25) is 5.15 Å². The van der Waals surface area contributed by atoms with Crippen LogP contribution in [0.15, 0.2) is 30.3 Å². The van der Waals surface area contributed by atoms with E-state index in [0.29, 0.717) is 33.5 Å². The van der Waals surface area contributed by atoms with Crippen molar-refractivity contribution in [3.63, 3.8) is 0 Å². The number of nitrogens with two attached hydrogens (primary N) is 1. The van der Waals surface area contributed by atoms with Gasteiger partial charge in [0.15, 0.2) is 0 Å². The number of hydrogen-bond donors (Lipinski definition) is 2. The molecule has 0 aliphatic rings. The van der Waals surface area contributed by atoms with E-state index in [0.717, 1.165) is 0 Å². The number of benzene rings is 1. The molecular weight excluding hydrogens is 278 g/mol. The van der Waals surface area contributed by atoms with Crippen LogP contribution in [0.5, 0.6) is 5.75 Å². The number of carbonyl (C=O) groups is 1. The Balaban J connectivity index is 2.28. The van der Waals surface area contributed by atoms with Gasteiger partial charge in [0.2, 0.25) is 0 Å². The molecule has 104 valence electrons. The Hall–Kier alpha value is -2.27. The van der Waals surface area contributed by atoms with E-state index in [1.165, 1.54) is 7.11 Å². The third kappa shape index (κ3) is 3.00. The highest BCUT2D eigenvalue weighted by molar-refractivity contribution is 6.29. The predicted molar refractivity (Wildman–Crippen MR) is 79.3 cm³/mol. The number of aryl methyl sites for hydroxylation is 1. The first-order valence-corrected chi connectivity index (χ1v) is 6.27. The van der Waals surface area contributed by atoms with E-state index in [2.05, 4.69) is 10.3 Å². The highest BCUT2D eigenvalue weighted by Crippen LogP contribution is 2.22. The van der Waals surface area contributed by atoms with Gasteiger partial charge < -0.3 is 15.8 Å². The Morgan fingerprint density at radius 2 is 2.10 bits per heavy atom. The number of anilines is 2. The molecule has 20 heavy (non-hydrogen) atoms. The van der Waals surface area contributed by atoms with Crippen molar-refractivity contribution < 1.29 is 9.53 Å². The summed E-state index contributed by atoms with van der Waals surface area (Å²) in [7, 11) is 1.53. The lowest BCUT2D eigenvalue weighted by atomic mass is 10.1. The second-order valence-electron chi connectivity index (χ2n) is 4.17. The quantitative estimate of drug-likeness (QED) is 0.673. The lowest BCUT2D eigenvalue weighted by molar-refractivity contribution is 0.102. The number of nitrogens with one attached hydrogen (secondary N) is 1. The minimum Gasteiger partial charge on any atom is -0.497 e.